The lowest BCUT2D eigenvalue weighted by Gasteiger charge is -2.33. The van der Waals surface area contributed by atoms with Gasteiger partial charge in [0.2, 0.25) is 11.8 Å². The molecule has 0 saturated carbocycles. The number of hydrogen-bond acceptors (Lipinski definition) is 5. The van der Waals surface area contributed by atoms with Gasteiger partial charge in [-0.3, -0.25) is 19.3 Å². The lowest BCUT2D eigenvalue weighted by atomic mass is 10.1. The van der Waals surface area contributed by atoms with Gasteiger partial charge >= 0.3 is 5.97 Å². The Balaban J connectivity index is 2.09. The maximum Gasteiger partial charge on any atom is 0.307 e. The number of halogens is 2. The van der Waals surface area contributed by atoms with E-state index in [1.807, 2.05) is 0 Å². The van der Waals surface area contributed by atoms with Gasteiger partial charge in [0.25, 0.3) is 0 Å². The number of anilines is 1. The van der Waals surface area contributed by atoms with E-state index >= 15 is 0 Å². The average Bonchev–Trinajstić information content (AvgIpc) is 2.58. The maximum atomic E-state index is 12.4. The third-order valence-electron chi connectivity index (χ3n) is 3.92. The topological polar surface area (TPSA) is 87.7 Å². The number of amides is 2. The highest BCUT2D eigenvalue weighted by atomic mass is 35.5. The number of carbonyl (C=O) groups excluding carboxylic acids is 3. The lowest BCUT2D eigenvalue weighted by molar-refractivity contribution is -0.146. The van der Waals surface area contributed by atoms with E-state index < -0.39 is 12.0 Å². The molecule has 2 rings (SSSR count). The number of nitrogens with one attached hydrogen (secondary N) is 2. The molecule has 9 heteroatoms. The molecule has 1 aromatic rings. The number of esters is 1. The minimum Gasteiger partial charge on any atom is -0.469 e. The van der Waals surface area contributed by atoms with E-state index in [4.69, 9.17) is 23.2 Å². The summed E-state index contributed by atoms with van der Waals surface area (Å²) in [6.45, 7) is 2.57. The molecule has 1 saturated heterocycles. The molecule has 1 aromatic carbocycles. The normalized spacial score (nSPS) is 17.8. The molecule has 1 aliphatic rings. The Kier molecular flexibility index (Phi) is 6.64. The Morgan fingerprint density at radius 1 is 1.40 bits per heavy atom. The quantitative estimate of drug-likeness (QED) is 0.749. The van der Waals surface area contributed by atoms with Crippen molar-refractivity contribution in [2.75, 3.05) is 32.1 Å². The number of piperazine rings is 1. The van der Waals surface area contributed by atoms with Gasteiger partial charge in [-0.1, -0.05) is 29.3 Å². The Labute approximate surface area is 155 Å². The van der Waals surface area contributed by atoms with Crippen LogP contribution in [0.2, 0.25) is 10.0 Å². The smallest absolute Gasteiger partial charge is 0.307 e. The zero-order valence-corrected chi connectivity index (χ0v) is 15.4. The fraction of sp³-hybridized carbons (Fsp3) is 0.438. The molecule has 0 aromatic heterocycles. The largest absolute Gasteiger partial charge is 0.469 e. The minimum atomic E-state index is -0.754. The predicted molar refractivity (Wildman–Crippen MR) is 94.8 cm³/mol. The van der Waals surface area contributed by atoms with Crippen LogP contribution in [0.25, 0.3) is 0 Å². The van der Waals surface area contributed by atoms with Crippen LogP contribution in [0.3, 0.4) is 0 Å². The summed E-state index contributed by atoms with van der Waals surface area (Å²) >= 11 is 12.3. The van der Waals surface area contributed by atoms with Gasteiger partial charge in [-0.25, -0.2) is 0 Å². The van der Waals surface area contributed by atoms with Crippen molar-refractivity contribution in [2.45, 2.75) is 19.4 Å². The van der Waals surface area contributed by atoms with Crippen LogP contribution in [0.4, 0.5) is 5.69 Å². The van der Waals surface area contributed by atoms with E-state index in [-0.39, 0.29) is 24.8 Å². The van der Waals surface area contributed by atoms with Crippen LogP contribution >= 0.6 is 23.2 Å². The van der Waals surface area contributed by atoms with Gasteiger partial charge in [-0.2, -0.15) is 0 Å². The van der Waals surface area contributed by atoms with Crippen molar-refractivity contribution in [3.05, 3.63) is 27.7 Å². The Bertz CT molecular complexity index is 696. The first-order valence-corrected chi connectivity index (χ1v) is 8.42. The molecule has 2 amide bonds. The fourth-order valence-electron chi connectivity index (χ4n) is 2.55. The number of aryl methyl sites for hydroxylation is 1. The van der Waals surface area contributed by atoms with Crippen LogP contribution < -0.4 is 10.6 Å². The van der Waals surface area contributed by atoms with Crippen LogP contribution in [0.5, 0.6) is 0 Å². The standard InChI is InChI=1S/C16H19Cl2N3O4/c1-9-3-4-10(17)15(14(9)18)20-12(22)8-21-6-5-19-16(24)11(21)7-13(23)25-2/h3-4,11H,5-8H2,1-2H3,(H,19,24)(H,20,22)/t11-/m1/s1. The first-order valence-electron chi connectivity index (χ1n) is 7.66. The molecule has 0 radical (unpaired) electrons. The van der Waals surface area contributed by atoms with Crippen molar-refractivity contribution >= 4 is 46.7 Å². The van der Waals surface area contributed by atoms with Gasteiger partial charge in [-0.15, -0.1) is 0 Å². The summed E-state index contributed by atoms with van der Waals surface area (Å²) in [4.78, 5) is 37.5. The van der Waals surface area contributed by atoms with Crippen LogP contribution in [0.1, 0.15) is 12.0 Å². The highest BCUT2D eigenvalue weighted by Gasteiger charge is 2.33. The summed E-state index contributed by atoms with van der Waals surface area (Å²) in [5.74, 6) is -1.20. The molecule has 1 fully saturated rings. The molecule has 1 atom stereocenters. The van der Waals surface area contributed by atoms with Gasteiger partial charge in [-0.05, 0) is 18.6 Å². The molecule has 1 aliphatic heterocycles. The number of ether oxygens (including phenoxy) is 1. The number of hydrogen-bond donors (Lipinski definition) is 2. The number of carbonyl (C=O) groups is 3. The first kappa shape index (κ1) is 19.5. The van der Waals surface area contributed by atoms with Crippen molar-refractivity contribution in [1.82, 2.24) is 10.2 Å². The number of nitrogens with zero attached hydrogens (tertiary/aromatic N) is 1. The predicted octanol–water partition coefficient (Wildman–Crippen LogP) is 1.60. The molecule has 0 unspecified atom stereocenters. The second-order valence-electron chi connectivity index (χ2n) is 5.66. The number of rotatable bonds is 5. The zero-order chi connectivity index (χ0) is 18.6. The van der Waals surface area contributed by atoms with Crippen LogP contribution in [0.15, 0.2) is 12.1 Å². The third kappa shape index (κ3) is 4.84. The van der Waals surface area contributed by atoms with E-state index in [9.17, 15) is 14.4 Å². The maximum absolute atomic E-state index is 12.4. The van der Waals surface area contributed by atoms with Crippen molar-refractivity contribution in [1.29, 1.82) is 0 Å². The molecule has 2 N–H and O–H groups in total. The van der Waals surface area contributed by atoms with Crippen LogP contribution in [0, 0.1) is 6.92 Å². The van der Waals surface area contributed by atoms with Crippen molar-refractivity contribution in [2.24, 2.45) is 0 Å². The summed E-state index contributed by atoms with van der Waals surface area (Å²) in [7, 11) is 1.25. The van der Waals surface area contributed by atoms with E-state index in [0.29, 0.717) is 28.8 Å². The van der Waals surface area contributed by atoms with Crippen LogP contribution in [-0.2, 0) is 19.1 Å². The lowest BCUT2D eigenvalue weighted by Crippen LogP contribution is -2.57. The molecule has 1 heterocycles. The van der Waals surface area contributed by atoms with Crippen molar-refractivity contribution < 1.29 is 19.1 Å². The second-order valence-corrected chi connectivity index (χ2v) is 6.44. The fourth-order valence-corrected chi connectivity index (χ4v) is 3.01. The Morgan fingerprint density at radius 2 is 2.12 bits per heavy atom. The first-order chi connectivity index (χ1) is 11.8. The second kappa shape index (κ2) is 8.51. The zero-order valence-electron chi connectivity index (χ0n) is 13.9. The van der Waals surface area contributed by atoms with Crippen molar-refractivity contribution in [3.63, 3.8) is 0 Å². The third-order valence-corrected chi connectivity index (χ3v) is 4.73. The summed E-state index contributed by atoms with van der Waals surface area (Å²) in [5, 5.41) is 6.04. The molecular weight excluding hydrogens is 369 g/mol. The van der Waals surface area contributed by atoms with E-state index in [1.165, 1.54) is 7.11 Å². The molecule has 7 nitrogen and oxygen atoms in total. The number of methoxy groups -OCH3 is 1. The summed E-state index contributed by atoms with van der Waals surface area (Å²) in [6.07, 6.45) is -0.123. The molecule has 0 aliphatic carbocycles. The van der Waals surface area contributed by atoms with Crippen LogP contribution in [-0.4, -0.2) is 55.5 Å². The summed E-state index contributed by atoms with van der Waals surface area (Å²) in [6, 6.07) is 2.64. The molecule has 136 valence electrons. The minimum absolute atomic E-state index is 0.0737. The van der Waals surface area contributed by atoms with E-state index in [2.05, 4.69) is 15.4 Å². The van der Waals surface area contributed by atoms with E-state index in [0.717, 1.165) is 5.56 Å². The summed E-state index contributed by atoms with van der Waals surface area (Å²) in [5.41, 5.74) is 1.11. The number of benzene rings is 1. The highest BCUT2D eigenvalue weighted by Crippen LogP contribution is 2.32. The molecular formula is C16H19Cl2N3O4. The van der Waals surface area contributed by atoms with Gasteiger partial charge in [0.1, 0.15) is 6.04 Å². The monoisotopic (exact) mass is 387 g/mol. The van der Waals surface area contributed by atoms with Crippen molar-refractivity contribution in [3.8, 4) is 0 Å². The Hall–Kier alpha value is -1.83. The van der Waals surface area contributed by atoms with E-state index in [1.54, 1.807) is 24.0 Å². The molecule has 0 spiro atoms. The van der Waals surface area contributed by atoms with Gasteiger partial charge < -0.3 is 15.4 Å². The summed E-state index contributed by atoms with van der Waals surface area (Å²) < 4.78 is 4.61. The molecule has 0 bridgehead atoms. The highest BCUT2D eigenvalue weighted by molar-refractivity contribution is 6.40. The SMILES string of the molecule is COC(=O)C[C@@H]1C(=O)NCCN1CC(=O)Nc1c(Cl)ccc(C)c1Cl. The molecule has 25 heavy (non-hydrogen) atoms. The van der Waals surface area contributed by atoms with Gasteiger partial charge in [0, 0.05) is 13.1 Å². The van der Waals surface area contributed by atoms with Gasteiger partial charge in [0.05, 0.1) is 35.8 Å². The Morgan fingerprint density at radius 3 is 2.80 bits per heavy atom. The average molecular weight is 388 g/mol. The van der Waals surface area contributed by atoms with Gasteiger partial charge in [0.15, 0.2) is 0 Å².